The minimum atomic E-state index is -2.85. The lowest BCUT2D eigenvalue weighted by atomic mass is 10.0. The van der Waals surface area contributed by atoms with E-state index in [2.05, 4.69) is 10.1 Å². The molecule has 5 rings (SSSR count). The van der Waals surface area contributed by atoms with Gasteiger partial charge in [0.05, 0.1) is 18.2 Å². The molecule has 0 N–H and O–H groups in total. The fourth-order valence-electron chi connectivity index (χ4n) is 3.86. The predicted molar refractivity (Wildman–Crippen MR) is 135 cm³/mol. The van der Waals surface area contributed by atoms with E-state index in [9.17, 15) is 9.59 Å². The Bertz CT molecular complexity index is 1760. The van der Waals surface area contributed by atoms with Gasteiger partial charge in [0, 0.05) is 45.7 Å². The molecule has 0 unspecified atom stereocenters. The summed E-state index contributed by atoms with van der Waals surface area (Å²) in [6.45, 7) is -1.82. The molecular weight excluding hydrogens is 468 g/mol. The Kier molecular flexibility index (Phi) is 4.87. The van der Waals surface area contributed by atoms with Crippen LogP contribution in [0.2, 0.25) is 5.02 Å². The molecular formula is C26H21ClN4O4. The lowest BCUT2D eigenvalue weighted by Gasteiger charge is -2.18. The van der Waals surface area contributed by atoms with E-state index < -0.39 is 25.0 Å². The van der Waals surface area contributed by atoms with Crippen LogP contribution < -0.4 is 15.2 Å². The van der Waals surface area contributed by atoms with Gasteiger partial charge in [0.1, 0.15) is 17.8 Å². The van der Waals surface area contributed by atoms with Crippen LogP contribution in [0.25, 0.3) is 33.1 Å². The average Bonchev–Trinajstić information content (AvgIpc) is 3.24. The first-order valence-electron chi connectivity index (χ1n) is 12.1. The molecule has 1 amide bonds. The fraction of sp³-hybridized carbons (Fsp3) is 0.154. The fourth-order valence-corrected chi connectivity index (χ4v) is 4.05. The second kappa shape index (κ2) is 8.88. The molecule has 0 saturated carbocycles. The van der Waals surface area contributed by atoms with Gasteiger partial charge in [0.25, 0.3) is 5.56 Å². The van der Waals surface area contributed by atoms with Crippen molar-refractivity contribution >= 4 is 45.1 Å². The number of oxazole rings is 1. The molecule has 0 radical (unpaired) electrons. The van der Waals surface area contributed by atoms with E-state index >= 15 is 0 Å². The molecule has 35 heavy (non-hydrogen) atoms. The second-order valence-electron chi connectivity index (χ2n) is 7.85. The maximum absolute atomic E-state index is 13.5. The number of fused-ring (bicyclic) bond motifs is 2. The molecule has 0 fully saturated rings. The topological polar surface area (TPSA) is 90.5 Å². The summed E-state index contributed by atoms with van der Waals surface area (Å²) in [7, 11) is 1.48. The van der Waals surface area contributed by atoms with Gasteiger partial charge in [-0.15, -0.1) is 0 Å². The number of likely N-dealkylation sites (N-methyl/N-ethyl adjacent to an activating group) is 1. The first-order chi connectivity index (χ1) is 18.0. The molecule has 0 aliphatic rings. The van der Waals surface area contributed by atoms with E-state index in [1.165, 1.54) is 19.2 Å². The molecule has 2 heterocycles. The Hall–Kier alpha value is -4.17. The highest BCUT2D eigenvalue weighted by molar-refractivity contribution is 6.30. The molecule has 3 aromatic carbocycles. The van der Waals surface area contributed by atoms with Crippen molar-refractivity contribution in [3.63, 3.8) is 0 Å². The van der Waals surface area contributed by atoms with Gasteiger partial charge >= 0.3 is 0 Å². The number of ether oxygens (including phenoxy) is 1. The molecule has 0 spiro atoms. The van der Waals surface area contributed by atoms with E-state index in [4.69, 9.17) is 24.9 Å². The van der Waals surface area contributed by atoms with Gasteiger partial charge in [-0.2, -0.15) is 5.10 Å². The van der Waals surface area contributed by atoms with Gasteiger partial charge in [0.2, 0.25) is 5.91 Å². The second-order valence-corrected chi connectivity index (χ2v) is 8.28. The summed E-state index contributed by atoms with van der Waals surface area (Å²) in [6, 6.07) is 16.3. The quantitative estimate of drug-likeness (QED) is 0.349. The van der Waals surface area contributed by atoms with Crippen LogP contribution in [0, 0.1) is 6.92 Å². The molecule has 9 heteroatoms. The first kappa shape index (κ1) is 19.2. The van der Waals surface area contributed by atoms with Crippen molar-refractivity contribution in [1.29, 1.82) is 0 Å². The zero-order valence-corrected chi connectivity index (χ0v) is 19.5. The van der Waals surface area contributed by atoms with Gasteiger partial charge in [-0.25, -0.2) is 9.67 Å². The van der Waals surface area contributed by atoms with Crippen molar-refractivity contribution in [3.05, 3.63) is 81.9 Å². The Morgan fingerprint density at radius 1 is 1.17 bits per heavy atom. The smallest absolute Gasteiger partial charge is 0.275 e. The Morgan fingerprint density at radius 3 is 2.80 bits per heavy atom. The number of aromatic nitrogens is 3. The Morgan fingerprint density at radius 2 is 2.03 bits per heavy atom. The van der Waals surface area contributed by atoms with Crippen LogP contribution in [-0.4, -0.2) is 34.8 Å². The number of halogens is 1. The summed E-state index contributed by atoms with van der Waals surface area (Å²) in [6.07, 6.45) is 0. The number of amides is 1. The van der Waals surface area contributed by atoms with E-state index in [-0.39, 0.29) is 11.1 Å². The number of methoxy groups -OCH3 is 1. The van der Waals surface area contributed by atoms with Crippen LogP contribution in [0.3, 0.4) is 0 Å². The Balaban J connectivity index is 1.63. The molecule has 176 valence electrons. The van der Waals surface area contributed by atoms with Crippen LogP contribution in [0.1, 0.15) is 10.0 Å². The third kappa shape index (κ3) is 4.24. The molecule has 0 saturated heterocycles. The van der Waals surface area contributed by atoms with Crippen LogP contribution in [0.15, 0.2) is 69.9 Å². The van der Waals surface area contributed by atoms with Gasteiger partial charge in [0.15, 0.2) is 11.5 Å². The third-order valence-electron chi connectivity index (χ3n) is 5.54. The van der Waals surface area contributed by atoms with Crippen molar-refractivity contribution in [2.45, 2.75) is 13.5 Å². The van der Waals surface area contributed by atoms with Gasteiger partial charge in [-0.3, -0.25) is 9.59 Å². The molecule has 8 nitrogen and oxygen atoms in total. The van der Waals surface area contributed by atoms with Crippen LogP contribution in [-0.2, 0) is 11.3 Å². The van der Waals surface area contributed by atoms with Crippen molar-refractivity contribution in [3.8, 4) is 17.0 Å². The monoisotopic (exact) mass is 491 g/mol. The van der Waals surface area contributed by atoms with Crippen molar-refractivity contribution < 1.29 is 18.1 Å². The molecule has 5 aromatic rings. The lowest BCUT2D eigenvalue weighted by molar-refractivity contribution is -0.119. The van der Waals surface area contributed by atoms with Gasteiger partial charge in [-0.1, -0.05) is 23.7 Å². The van der Waals surface area contributed by atoms with E-state index in [0.29, 0.717) is 49.3 Å². The predicted octanol–water partition coefficient (Wildman–Crippen LogP) is 4.84. The van der Waals surface area contributed by atoms with Crippen molar-refractivity contribution in [1.82, 2.24) is 14.8 Å². The molecule has 0 bridgehead atoms. The maximum Gasteiger partial charge on any atom is 0.275 e. The molecule has 0 aliphatic carbocycles. The van der Waals surface area contributed by atoms with Gasteiger partial charge in [-0.05, 0) is 42.5 Å². The molecule has 0 aliphatic heterocycles. The minimum absolute atomic E-state index is 0.0734. The summed E-state index contributed by atoms with van der Waals surface area (Å²) >= 11 is 6.20. The van der Waals surface area contributed by atoms with E-state index in [1.807, 2.05) is 0 Å². The summed E-state index contributed by atoms with van der Waals surface area (Å²) in [4.78, 5) is 31.8. The summed E-state index contributed by atoms with van der Waals surface area (Å²) in [5.74, 6) is -0.0234. The number of hydrogen-bond acceptors (Lipinski definition) is 6. The highest BCUT2D eigenvalue weighted by Crippen LogP contribution is 2.29. The number of nitrogens with zero attached hydrogens (tertiary/aromatic N) is 4. The number of carbonyl (C=O) groups excluding carboxylic acids is 1. The largest absolute Gasteiger partial charge is 0.497 e. The lowest BCUT2D eigenvalue weighted by Crippen LogP contribution is -2.35. The zero-order valence-electron chi connectivity index (χ0n) is 21.8. The number of anilines is 1. The number of hydrogen-bond donors (Lipinski definition) is 0. The number of carbonyl (C=O) groups is 1. The standard InChI is InChI=1S/C26H21ClN4O4/c1-15-28-22-10-7-18(12-23(22)35-15)30(2)24(32)14-31-26(33)21-13-19(34-3)8-9-20(21)25(29-31)16-5-4-6-17(27)11-16/h4-13H,14H2,1-3H3/i2D3. The van der Waals surface area contributed by atoms with Crippen LogP contribution in [0.5, 0.6) is 5.75 Å². The average molecular weight is 492 g/mol. The van der Waals surface area contributed by atoms with Crippen molar-refractivity contribution in [2.75, 3.05) is 19.0 Å². The number of aryl methyl sites for hydroxylation is 1. The van der Waals surface area contributed by atoms with Crippen molar-refractivity contribution in [2.24, 2.45) is 0 Å². The van der Waals surface area contributed by atoms with Gasteiger partial charge < -0.3 is 14.1 Å². The summed E-state index contributed by atoms with van der Waals surface area (Å²) in [5.41, 5.74) is 1.37. The summed E-state index contributed by atoms with van der Waals surface area (Å²) in [5, 5.41) is 5.71. The highest BCUT2D eigenvalue weighted by Gasteiger charge is 2.19. The summed E-state index contributed by atoms with van der Waals surface area (Å²) < 4.78 is 35.8. The third-order valence-corrected chi connectivity index (χ3v) is 5.77. The first-order valence-corrected chi connectivity index (χ1v) is 11.0. The van der Waals surface area contributed by atoms with E-state index in [1.54, 1.807) is 55.5 Å². The maximum atomic E-state index is 13.5. The van der Waals surface area contributed by atoms with E-state index in [0.717, 1.165) is 4.68 Å². The normalized spacial score (nSPS) is 12.8. The van der Waals surface area contributed by atoms with Crippen LogP contribution in [0.4, 0.5) is 5.69 Å². The van der Waals surface area contributed by atoms with Crippen LogP contribution >= 0.6 is 11.6 Å². The molecule has 2 aromatic heterocycles. The number of benzene rings is 3. The Labute approximate surface area is 209 Å². The SMILES string of the molecule is [2H]C([2H])([2H])N(C(=O)Cn1nc(-c2cccc(Cl)c2)c2ccc(OC)cc2c1=O)c1ccc2nc(C)oc2c1. The zero-order chi connectivity index (χ0) is 27.2. The highest BCUT2D eigenvalue weighted by atomic mass is 35.5. The molecule has 0 atom stereocenters. The number of rotatable bonds is 5. The minimum Gasteiger partial charge on any atom is -0.497 e.